The van der Waals surface area contributed by atoms with Gasteiger partial charge < -0.3 is 5.32 Å². The van der Waals surface area contributed by atoms with Crippen LogP contribution < -0.4 is 5.32 Å². The molecule has 0 spiro atoms. The van der Waals surface area contributed by atoms with Crippen molar-refractivity contribution in [3.05, 3.63) is 83.8 Å². The van der Waals surface area contributed by atoms with Crippen molar-refractivity contribution < 1.29 is 13.2 Å². The van der Waals surface area contributed by atoms with Crippen LogP contribution in [0.4, 0.5) is 13.2 Å². The molecule has 1 aromatic carbocycles. The third-order valence-electron chi connectivity index (χ3n) is 4.44. The molecule has 3 aromatic rings. The monoisotopic (exact) mass is 385 g/mol. The number of pyridine rings is 2. The maximum atomic E-state index is 12.9. The van der Waals surface area contributed by atoms with E-state index in [0.717, 1.165) is 23.4 Å². The minimum Gasteiger partial charge on any atom is -0.317 e. The summed E-state index contributed by atoms with van der Waals surface area (Å²) in [5.74, 6) is 0. The van der Waals surface area contributed by atoms with E-state index >= 15 is 0 Å². The number of hydrogen-bond donors (Lipinski definition) is 1. The number of benzene rings is 1. The van der Waals surface area contributed by atoms with Crippen LogP contribution in [0.3, 0.4) is 0 Å². The summed E-state index contributed by atoms with van der Waals surface area (Å²) in [5, 5.41) is 3.11. The molecule has 0 bridgehead atoms. The van der Waals surface area contributed by atoms with Gasteiger partial charge in [-0.1, -0.05) is 24.3 Å². The molecule has 146 valence electrons. The second-order valence-corrected chi connectivity index (χ2v) is 6.51. The van der Waals surface area contributed by atoms with Gasteiger partial charge in [-0.25, -0.2) is 0 Å². The van der Waals surface area contributed by atoms with Crippen LogP contribution in [-0.2, 0) is 19.0 Å². The van der Waals surface area contributed by atoms with Crippen molar-refractivity contribution in [3.8, 4) is 11.3 Å². The largest absolute Gasteiger partial charge is 0.416 e. The number of rotatable bonds is 4. The summed E-state index contributed by atoms with van der Waals surface area (Å²) in [6.45, 7) is 2.50. The molecule has 0 aliphatic carbocycles. The van der Waals surface area contributed by atoms with Crippen molar-refractivity contribution >= 4 is 0 Å². The van der Waals surface area contributed by atoms with Crippen molar-refractivity contribution in [1.29, 1.82) is 0 Å². The Kier molecular flexibility index (Phi) is 6.76. The van der Waals surface area contributed by atoms with Crippen LogP contribution in [0.5, 0.6) is 0 Å². The molecular formula is C22H22F3N3. The van der Waals surface area contributed by atoms with Crippen LogP contribution in [0.1, 0.15) is 23.2 Å². The molecule has 1 saturated heterocycles. The lowest BCUT2D eigenvalue weighted by Gasteiger charge is -2.11. The number of alkyl halides is 3. The molecule has 3 heterocycles. The van der Waals surface area contributed by atoms with Gasteiger partial charge in [-0.2, -0.15) is 13.2 Å². The van der Waals surface area contributed by atoms with E-state index in [9.17, 15) is 13.2 Å². The van der Waals surface area contributed by atoms with Crippen LogP contribution in [0, 0.1) is 0 Å². The Morgan fingerprint density at radius 3 is 2.25 bits per heavy atom. The van der Waals surface area contributed by atoms with E-state index in [2.05, 4.69) is 15.3 Å². The molecule has 1 N–H and O–H groups in total. The minimum atomic E-state index is -4.36. The highest BCUT2D eigenvalue weighted by molar-refractivity contribution is 5.64. The Bertz CT molecular complexity index is 871. The van der Waals surface area contributed by atoms with E-state index in [1.54, 1.807) is 24.5 Å². The van der Waals surface area contributed by atoms with E-state index in [0.29, 0.717) is 24.1 Å². The first kappa shape index (κ1) is 20.0. The SMILES string of the molecule is C1CNC1.FC(F)(F)c1cccc(-c2ncccc2CCc2ccccn2)c1. The van der Waals surface area contributed by atoms with E-state index in [1.807, 2.05) is 24.3 Å². The van der Waals surface area contributed by atoms with Crippen molar-refractivity contribution in [1.82, 2.24) is 15.3 Å². The van der Waals surface area contributed by atoms with Crippen molar-refractivity contribution in [2.45, 2.75) is 25.4 Å². The second kappa shape index (κ2) is 9.46. The first-order valence-corrected chi connectivity index (χ1v) is 9.26. The fourth-order valence-corrected chi connectivity index (χ4v) is 2.73. The third-order valence-corrected chi connectivity index (χ3v) is 4.44. The first-order valence-electron chi connectivity index (χ1n) is 9.26. The third kappa shape index (κ3) is 5.63. The summed E-state index contributed by atoms with van der Waals surface area (Å²) in [4.78, 5) is 8.57. The van der Waals surface area contributed by atoms with Gasteiger partial charge in [0.2, 0.25) is 0 Å². The number of halogens is 3. The van der Waals surface area contributed by atoms with Crippen LogP contribution in [0.15, 0.2) is 67.0 Å². The Morgan fingerprint density at radius 1 is 0.857 bits per heavy atom. The molecule has 2 aromatic heterocycles. The second-order valence-electron chi connectivity index (χ2n) is 6.51. The molecule has 1 aliphatic rings. The summed E-state index contributed by atoms with van der Waals surface area (Å²) < 4.78 is 38.8. The summed E-state index contributed by atoms with van der Waals surface area (Å²) in [6, 6.07) is 14.7. The predicted molar refractivity (Wildman–Crippen MR) is 104 cm³/mol. The van der Waals surface area contributed by atoms with Gasteiger partial charge in [-0.15, -0.1) is 0 Å². The van der Waals surface area contributed by atoms with Crippen LogP contribution in [0.25, 0.3) is 11.3 Å². The highest BCUT2D eigenvalue weighted by Gasteiger charge is 2.30. The van der Waals surface area contributed by atoms with Gasteiger partial charge in [0, 0.05) is 23.7 Å². The standard InChI is InChI=1S/C19H15F3N2.C3H7N/c20-19(21,22)16-7-3-5-15(13-16)18-14(6-4-12-24-18)9-10-17-8-1-2-11-23-17;1-2-4-3-1/h1-8,11-13H,9-10H2;4H,1-3H2. The molecule has 3 nitrogen and oxygen atoms in total. The summed E-state index contributed by atoms with van der Waals surface area (Å²) in [5.41, 5.74) is 2.24. The zero-order chi connectivity index (χ0) is 19.8. The van der Waals surface area contributed by atoms with Crippen molar-refractivity contribution in [2.75, 3.05) is 13.1 Å². The van der Waals surface area contributed by atoms with Gasteiger partial charge in [0.15, 0.2) is 0 Å². The predicted octanol–water partition coefficient (Wildman–Crippen LogP) is 4.93. The number of aromatic nitrogens is 2. The number of hydrogen-bond acceptors (Lipinski definition) is 3. The molecule has 1 aliphatic heterocycles. The number of aryl methyl sites for hydroxylation is 2. The topological polar surface area (TPSA) is 37.8 Å². The molecule has 0 unspecified atom stereocenters. The lowest BCUT2D eigenvalue weighted by molar-refractivity contribution is -0.137. The Labute approximate surface area is 162 Å². The lowest BCUT2D eigenvalue weighted by Crippen LogP contribution is -2.29. The highest BCUT2D eigenvalue weighted by Crippen LogP contribution is 2.32. The molecule has 6 heteroatoms. The first-order chi connectivity index (χ1) is 13.5. The van der Waals surface area contributed by atoms with Crippen LogP contribution in [-0.4, -0.2) is 23.1 Å². The van der Waals surface area contributed by atoms with Crippen LogP contribution in [0.2, 0.25) is 0 Å². The summed E-state index contributed by atoms with van der Waals surface area (Å²) in [6.07, 6.45) is 1.72. The zero-order valence-corrected chi connectivity index (χ0v) is 15.4. The van der Waals surface area contributed by atoms with Gasteiger partial charge in [-0.05, 0) is 68.2 Å². The highest BCUT2D eigenvalue weighted by atomic mass is 19.4. The van der Waals surface area contributed by atoms with E-state index < -0.39 is 11.7 Å². The number of nitrogens with zero attached hydrogens (tertiary/aromatic N) is 2. The maximum absolute atomic E-state index is 12.9. The maximum Gasteiger partial charge on any atom is 0.416 e. The molecule has 1 fully saturated rings. The van der Waals surface area contributed by atoms with E-state index in [1.165, 1.54) is 25.6 Å². The van der Waals surface area contributed by atoms with E-state index in [-0.39, 0.29) is 0 Å². The van der Waals surface area contributed by atoms with Gasteiger partial charge in [0.25, 0.3) is 0 Å². The minimum absolute atomic E-state index is 0.474. The molecule has 4 rings (SSSR count). The molecule has 0 amide bonds. The molecule has 0 saturated carbocycles. The molecular weight excluding hydrogens is 363 g/mol. The summed E-state index contributed by atoms with van der Waals surface area (Å²) in [7, 11) is 0. The smallest absolute Gasteiger partial charge is 0.317 e. The fraction of sp³-hybridized carbons (Fsp3) is 0.273. The van der Waals surface area contributed by atoms with E-state index in [4.69, 9.17) is 0 Å². The van der Waals surface area contributed by atoms with Crippen molar-refractivity contribution in [2.24, 2.45) is 0 Å². The normalized spacial score (nSPS) is 13.2. The summed E-state index contributed by atoms with van der Waals surface area (Å²) >= 11 is 0. The Balaban J connectivity index is 0.000000500. The average molecular weight is 385 g/mol. The Hall–Kier alpha value is -2.73. The fourth-order valence-electron chi connectivity index (χ4n) is 2.73. The van der Waals surface area contributed by atoms with Crippen molar-refractivity contribution in [3.63, 3.8) is 0 Å². The lowest BCUT2D eigenvalue weighted by atomic mass is 9.99. The molecule has 0 atom stereocenters. The molecule has 0 radical (unpaired) electrons. The Morgan fingerprint density at radius 2 is 1.61 bits per heavy atom. The van der Waals surface area contributed by atoms with Gasteiger partial charge in [0.1, 0.15) is 0 Å². The van der Waals surface area contributed by atoms with Gasteiger partial charge in [0.05, 0.1) is 11.3 Å². The molecule has 28 heavy (non-hydrogen) atoms. The van der Waals surface area contributed by atoms with Crippen LogP contribution >= 0.6 is 0 Å². The van der Waals surface area contributed by atoms with Gasteiger partial charge >= 0.3 is 6.18 Å². The number of nitrogens with one attached hydrogen (secondary N) is 1. The zero-order valence-electron chi connectivity index (χ0n) is 15.4. The average Bonchev–Trinajstić information content (AvgIpc) is 2.66. The van der Waals surface area contributed by atoms with Gasteiger partial charge in [-0.3, -0.25) is 9.97 Å². The quantitative estimate of drug-likeness (QED) is 0.692.